The summed E-state index contributed by atoms with van der Waals surface area (Å²) in [5.41, 5.74) is 0.709. The number of hydrogen-bond donors (Lipinski definition) is 2. The molecule has 0 amide bonds. The Morgan fingerprint density at radius 1 is 1.10 bits per heavy atom. The van der Waals surface area contributed by atoms with Gasteiger partial charge in [0.05, 0.1) is 5.69 Å². The molecular formula is C17H17NO3. The fourth-order valence-electron chi connectivity index (χ4n) is 2.27. The van der Waals surface area contributed by atoms with Crippen molar-refractivity contribution in [2.75, 3.05) is 5.32 Å². The maximum atomic E-state index is 11.4. The Labute approximate surface area is 123 Å². The number of para-hydroxylation sites is 3. The summed E-state index contributed by atoms with van der Waals surface area (Å²) in [5, 5.41) is 12.4. The molecule has 1 atom stereocenters. The molecule has 1 saturated carbocycles. The molecule has 2 aromatic rings. The number of nitrogens with one attached hydrogen (secondary N) is 1. The van der Waals surface area contributed by atoms with Gasteiger partial charge in [-0.15, -0.1) is 0 Å². The molecule has 0 saturated heterocycles. The van der Waals surface area contributed by atoms with Gasteiger partial charge in [0.1, 0.15) is 11.8 Å². The average Bonchev–Trinajstić information content (AvgIpc) is 3.31. The van der Waals surface area contributed by atoms with Crippen molar-refractivity contribution in [2.24, 2.45) is 5.92 Å². The molecule has 108 valence electrons. The fraction of sp³-hybridized carbons (Fsp3) is 0.235. The third kappa shape index (κ3) is 3.34. The lowest BCUT2D eigenvalue weighted by Crippen LogP contribution is -2.31. The lowest BCUT2D eigenvalue weighted by molar-refractivity contribution is -0.138. The second-order valence-corrected chi connectivity index (χ2v) is 5.21. The molecule has 21 heavy (non-hydrogen) atoms. The summed E-state index contributed by atoms with van der Waals surface area (Å²) in [6, 6.07) is 16.3. The van der Waals surface area contributed by atoms with E-state index in [1.54, 1.807) is 0 Å². The Balaban J connectivity index is 1.80. The second-order valence-electron chi connectivity index (χ2n) is 5.21. The van der Waals surface area contributed by atoms with Crippen LogP contribution in [0.15, 0.2) is 54.6 Å². The van der Waals surface area contributed by atoms with Crippen LogP contribution in [0.1, 0.15) is 12.8 Å². The lowest BCUT2D eigenvalue weighted by Gasteiger charge is -2.18. The van der Waals surface area contributed by atoms with E-state index >= 15 is 0 Å². The normalized spacial score (nSPS) is 15.2. The molecule has 1 aliphatic rings. The van der Waals surface area contributed by atoms with Crippen molar-refractivity contribution in [3.05, 3.63) is 54.6 Å². The van der Waals surface area contributed by atoms with Gasteiger partial charge in [-0.25, -0.2) is 4.79 Å². The van der Waals surface area contributed by atoms with E-state index < -0.39 is 12.0 Å². The first kappa shape index (κ1) is 13.5. The molecule has 1 unspecified atom stereocenters. The van der Waals surface area contributed by atoms with E-state index in [-0.39, 0.29) is 5.92 Å². The maximum absolute atomic E-state index is 11.4. The van der Waals surface area contributed by atoms with E-state index in [1.807, 2.05) is 54.6 Å². The quantitative estimate of drug-likeness (QED) is 0.847. The topological polar surface area (TPSA) is 58.6 Å². The summed E-state index contributed by atoms with van der Waals surface area (Å²) in [5.74, 6) is 0.764. The van der Waals surface area contributed by atoms with E-state index in [4.69, 9.17) is 4.74 Å². The predicted octanol–water partition coefficient (Wildman–Crippen LogP) is 3.75. The van der Waals surface area contributed by atoms with Crippen molar-refractivity contribution in [1.29, 1.82) is 0 Å². The van der Waals surface area contributed by atoms with Gasteiger partial charge in [-0.3, -0.25) is 0 Å². The largest absolute Gasteiger partial charge is 0.480 e. The van der Waals surface area contributed by atoms with Gasteiger partial charge >= 0.3 is 5.97 Å². The van der Waals surface area contributed by atoms with E-state index in [2.05, 4.69) is 5.32 Å². The molecule has 4 nitrogen and oxygen atoms in total. The van der Waals surface area contributed by atoms with Gasteiger partial charge in [-0.05, 0) is 43.0 Å². The first-order chi connectivity index (χ1) is 10.2. The van der Waals surface area contributed by atoms with Crippen LogP contribution in [0, 0.1) is 5.92 Å². The van der Waals surface area contributed by atoms with Crippen LogP contribution in [0.25, 0.3) is 0 Å². The molecule has 3 rings (SSSR count). The Bertz CT molecular complexity index is 623. The van der Waals surface area contributed by atoms with Crippen molar-refractivity contribution in [3.63, 3.8) is 0 Å². The van der Waals surface area contributed by atoms with Gasteiger partial charge < -0.3 is 15.2 Å². The highest BCUT2D eigenvalue weighted by Crippen LogP contribution is 2.37. The highest BCUT2D eigenvalue weighted by molar-refractivity contribution is 5.79. The molecule has 0 aliphatic heterocycles. The molecule has 1 aliphatic carbocycles. The zero-order valence-electron chi connectivity index (χ0n) is 11.5. The number of carboxylic acid groups (broad SMARTS) is 1. The maximum Gasteiger partial charge on any atom is 0.326 e. The fourth-order valence-corrected chi connectivity index (χ4v) is 2.27. The summed E-state index contributed by atoms with van der Waals surface area (Å²) in [4.78, 5) is 11.4. The highest BCUT2D eigenvalue weighted by Gasteiger charge is 2.36. The summed E-state index contributed by atoms with van der Waals surface area (Å²) >= 11 is 0. The number of ether oxygens (including phenoxy) is 1. The van der Waals surface area contributed by atoms with Gasteiger partial charge in [0, 0.05) is 0 Å². The zero-order valence-corrected chi connectivity index (χ0v) is 11.5. The number of carboxylic acids is 1. The monoisotopic (exact) mass is 283 g/mol. The Hall–Kier alpha value is -2.49. The van der Waals surface area contributed by atoms with Crippen LogP contribution in [0.4, 0.5) is 5.69 Å². The van der Waals surface area contributed by atoms with Crippen LogP contribution in [0.5, 0.6) is 11.5 Å². The minimum Gasteiger partial charge on any atom is -0.480 e. The van der Waals surface area contributed by atoms with Crippen LogP contribution in [0.3, 0.4) is 0 Å². The standard InChI is InChI=1S/C17H17NO3/c19-17(20)16(12-10-11-12)18-14-8-4-5-9-15(14)21-13-6-2-1-3-7-13/h1-9,12,16,18H,10-11H2,(H,19,20). The van der Waals surface area contributed by atoms with Crippen molar-refractivity contribution >= 4 is 11.7 Å². The van der Waals surface area contributed by atoms with Crippen LogP contribution >= 0.6 is 0 Å². The number of rotatable bonds is 6. The molecular weight excluding hydrogens is 266 g/mol. The van der Waals surface area contributed by atoms with Gasteiger partial charge in [0.25, 0.3) is 0 Å². The van der Waals surface area contributed by atoms with Crippen LogP contribution in [-0.2, 0) is 4.79 Å². The van der Waals surface area contributed by atoms with E-state index in [1.165, 1.54) is 0 Å². The number of hydrogen-bond acceptors (Lipinski definition) is 3. The van der Waals surface area contributed by atoms with Gasteiger partial charge in [-0.1, -0.05) is 30.3 Å². The van der Waals surface area contributed by atoms with Crippen molar-refractivity contribution in [3.8, 4) is 11.5 Å². The molecule has 0 radical (unpaired) electrons. The van der Waals surface area contributed by atoms with Gasteiger partial charge in [-0.2, -0.15) is 0 Å². The molecule has 0 aromatic heterocycles. The van der Waals surface area contributed by atoms with E-state index in [0.29, 0.717) is 11.4 Å². The highest BCUT2D eigenvalue weighted by atomic mass is 16.5. The lowest BCUT2D eigenvalue weighted by atomic mass is 10.1. The smallest absolute Gasteiger partial charge is 0.326 e. The number of anilines is 1. The molecule has 4 heteroatoms. The van der Waals surface area contributed by atoms with Gasteiger partial charge in [0.2, 0.25) is 0 Å². The Morgan fingerprint density at radius 3 is 2.43 bits per heavy atom. The Kier molecular flexibility index (Phi) is 3.77. The first-order valence-corrected chi connectivity index (χ1v) is 7.05. The molecule has 1 fully saturated rings. The van der Waals surface area contributed by atoms with E-state index in [0.717, 1.165) is 18.6 Å². The predicted molar refractivity (Wildman–Crippen MR) is 80.7 cm³/mol. The third-order valence-corrected chi connectivity index (χ3v) is 3.53. The van der Waals surface area contributed by atoms with Crippen molar-refractivity contribution in [1.82, 2.24) is 0 Å². The number of carbonyl (C=O) groups is 1. The molecule has 0 spiro atoms. The number of aliphatic carboxylic acids is 1. The summed E-state index contributed by atoms with van der Waals surface area (Å²) < 4.78 is 5.83. The average molecular weight is 283 g/mol. The minimum absolute atomic E-state index is 0.215. The van der Waals surface area contributed by atoms with Crippen molar-refractivity contribution in [2.45, 2.75) is 18.9 Å². The van der Waals surface area contributed by atoms with Crippen molar-refractivity contribution < 1.29 is 14.6 Å². The van der Waals surface area contributed by atoms with Crippen LogP contribution in [0.2, 0.25) is 0 Å². The molecule has 0 bridgehead atoms. The SMILES string of the molecule is O=C(O)C(Nc1ccccc1Oc1ccccc1)C1CC1. The minimum atomic E-state index is -0.813. The van der Waals surface area contributed by atoms with Gasteiger partial charge in [0.15, 0.2) is 5.75 Å². The molecule has 2 N–H and O–H groups in total. The first-order valence-electron chi connectivity index (χ1n) is 7.05. The molecule has 0 heterocycles. The zero-order chi connectivity index (χ0) is 14.7. The molecule has 2 aromatic carbocycles. The second kappa shape index (κ2) is 5.87. The van der Waals surface area contributed by atoms with E-state index in [9.17, 15) is 9.90 Å². The summed E-state index contributed by atoms with van der Waals surface area (Å²) in [7, 11) is 0. The number of benzene rings is 2. The van der Waals surface area contributed by atoms with Crippen LogP contribution < -0.4 is 10.1 Å². The summed E-state index contributed by atoms with van der Waals surface area (Å²) in [6.07, 6.45) is 1.93. The Morgan fingerprint density at radius 2 is 1.76 bits per heavy atom. The van der Waals surface area contributed by atoms with Crippen LogP contribution in [-0.4, -0.2) is 17.1 Å². The third-order valence-electron chi connectivity index (χ3n) is 3.53. The summed E-state index contributed by atoms with van der Waals surface area (Å²) in [6.45, 7) is 0.